The Bertz CT molecular complexity index is 646. The molecular weight excluding hydrogens is 240 g/mol. The minimum absolute atomic E-state index is 0.114. The van der Waals surface area contributed by atoms with E-state index in [0.717, 1.165) is 11.1 Å². The van der Waals surface area contributed by atoms with Crippen LogP contribution in [0.25, 0.3) is 0 Å². The molecule has 19 heavy (non-hydrogen) atoms. The Balaban J connectivity index is 2.16. The van der Waals surface area contributed by atoms with Crippen LogP contribution in [-0.2, 0) is 0 Å². The first-order valence-electron chi connectivity index (χ1n) is 6.13. The Labute approximate surface area is 111 Å². The lowest BCUT2D eigenvalue weighted by atomic mass is 10.0. The summed E-state index contributed by atoms with van der Waals surface area (Å²) in [6.07, 6.45) is 0. The third kappa shape index (κ3) is 3.10. The first-order valence-corrected chi connectivity index (χ1v) is 6.13. The van der Waals surface area contributed by atoms with Crippen molar-refractivity contribution in [2.45, 2.75) is 19.9 Å². The van der Waals surface area contributed by atoms with Crippen LogP contribution in [0.3, 0.4) is 0 Å². The number of carbonyl (C=O) groups is 1. The zero-order chi connectivity index (χ0) is 13.8. The van der Waals surface area contributed by atoms with Crippen LogP contribution in [0, 0.1) is 6.92 Å². The average Bonchev–Trinajstić information content (AvgIpc) is 2.39. The van der Waals surface area contributed by atoms with Crippen LogP contribution >= 0.6 is 0 Å². The molecule has 0 aliphatic rings. The van der Waals surface area contributed by atoms with Gasteiger partial charge in [-0.25, -0.2) is 0 Å². The van der Waals surface area contributed by atoms with Gasteiger partial charge in [0.05, 0.1) is 6.04 Å². The van der Waals surface area contributed by atoms with E-state index in [4.69, 9.17) is 0 Å². The molecule has 98 valence electrons. The van der Waals surface area contributed by atoms with E-state index in [0.29, 0.717) is 0 Å². The van der Waals surface area contributed by atoms with Gasteiger partial charge in [-0.3, -0.25) is 9.59 Å². The standard InChI is InChI=1S/C15H16N2O2/c1-10-6-3-4-7-12(10)11(2)16-15(19)13-8-5-9-14(18)17-13/h3-9,11H,1-2H3,(H,16,19)(H,17,18). The van der Waals surface area contributed by atoms with Crippen LogP contribution in [-0.4, -0.2) is 10.9 Å². The summed E-state index contributed by atoms with van der Waals surface area (Å²) in [5.74, 6) is -0.284. The summed E-state index contributed by atoms with van der Waals surface area (Å²) < 4.78 is 0. The third-order valence-corrected chi connectivity index (χ3v) is 3.02. The van der Waals surface area contributed by atoms with Crippen LogP contribution in [0.2, 0.25) is 0 Å². The number of aromatic nitrogens is 1. The highest BCUT2D eigenvalue weighted by molar-refractivity contribution is 5.92. The maximum absolute atomic E-state index is 12.0. The Kier molecular flexibility index (Phi) is 3.80. The zero-order valence-electron chi connectivity index (χ0n) is 10.9. The Hall–Kier alpha value is -2.36. The van der Waals surface area contributed by atoms with E-state index in [1.165, 1.54) is 6.07 Å². The number of amides is 1. The maximum Gasteiger partial charge on any atom is 0.268 e. The molecule has 1 amide bonds. The number of aromatic amines is 1. The number of nitrogens with one attached hydrogen (secondary N) is 2. The molecular formula is C15H16N2O2. The van der Waals surface area contributed by atoms with Crippen molar-refractivity contribution in [3.05, 3.63) is 69.6 Å². The number of H-pyrrole nitrogens is 1. The molecule has 1 heterocycles. The molecule has 2 aromatic rings. The first-order chi connectivity index (χ1) is 9.08. The predicted octanol–water partition coefficient (Wildman–Crippen LogP) is 2.17. The molecule has 0 aliphatic heterocycles. The van der Waals surface area contributed by atoms with Crippen LogP contribution in [0.1, 0.15) is 34.6 Å². The summed E-state index contributed by atoms with van der Waals surface area (Å²) in [5, 5.41) is 2.87. The van der Waals surface area contributed by atoms with Crippen molar-refractivity contribution in [1.82, 2.24) is 10.3 Å². The number of hydrogen-bond donors (Lipinski definition) is 2. The van der Waals surface area contributed by atoms with Crippen molar-refractivity contribution < 1.29 is 4.79 Å². The van der Waals surface area contributed by atoms with E-state index in [1.54, 1.807) is 12.1 Å². The third-order valence-electron chi connectivity index (χ3n) is 3.02. The Morgan fingerprint density at radius 3 is 2.58 bits per heavy atom. The molecule has 1 unspecified atom stereocenters. The summed E-state index contributed by atoms with van der Waals surface area (Å²) >= 11 is 0. The SMILES string of the molecule is Cc1ccccc1C(C)NC(=O)c1cccc(=O)[nH]1. The lowest BCUT2D eigenvalue weighted by Gasteiger charge is -2.16. The number of rotatable bonds is 3. The average molecular weight is 256 g/mol. The van der Waals surface area contributed by atoms with Gasteiger partial charge in [0.2, 0.25) is 5.56 Å². The second-order valence-electron chi connectivity index (χ2n) is 4.48. The van der Waals surface area contributed by atoms with Gasteiger partial charge < -0.3 is 10.3 Å². The van der Waals surface area contributed by atoms with E-state index >= 15 is 0 Å². The van der Waals surface area contributed by atoms with E-state index < -0.39 is 0 Å². The molecule has 0 saturated heterocycles. The van der Waals surface area contributed by atoms with Gasteiger partial charge in [0, 0.05) is 6.07 Å². The number of pyridine rings is 1. The number of aryl methyl sites for hydroxylation is 1. The first kappa shape index (κ1) is 13.1. The number of benzene rings is 1. The van der Waals surface area contributed by atoms with Gasteiger partial charge in [-0.15, -0.1) is 0 Å². The summed E-state index contributed by atoms with van der Waals surface area (Å²) in [7, 11) is 0. The van der Waals surface area contributed by atoms with Crippen molar-refractivity contribution >= 4 is 5.91 Å². The van der Waals surface area contributed by atoms with Gasteiger partial charge in [-0.05, 0) is 31.0 Å². The molecule has 0 bridgehead atoms. The van der Waals surface area contributed by atoms with Gasteiger partial charge in [-0.2, -0.15) is 0 Å². The quantitative estimate of drug-likeness (QED) is 0.884. The number of carbonyl (C=O) groups excluding carboxylic acids is 1. The maximum atomic E-state index is 12.0. The minimum atomic E-state index is -0.284. The molecule has 1 aromatic carbocycles. The van der Waals surface area contributed by atoms with Gasteiger partial charge >= 0.3 is 0 Å². The van der Waals surface area contributed by atoms with E-state index in [-0.39, 0.29) is 23.2 Å². The zero-order valence-corrected chi connectivity index (χ0v) is 10.9. The van der Waals surface area contributed by atoms with Crippen LogP contribution in [0.5, 0.6) is 0 Å². The summed E-state index contributed by atoms with van der Waals surface area (Å²) in [6.45, 7) is 3.92. The second kappa shape index (κ2) is 5.52. The second-order valence-corrected chi connectivity index (χ2v) is 4.48. The predicted molar refractivity (Wildman–Crippen MR) is 74.1 cm³/mol. The smallest absolute Gasteiger partial charge is 0.268 e. The summed E-state index contributed by atoms with van der Waals surface area (Å²) in [5.41, 5.74) is 2.18. The summed E-state index contributed by atoms with van der Waals surface area (Å²) in [4.78, 5) is 25.7. The molecule has 4 heteroatoms. The van der Waals surface area contributed by atoms with Crippen LogP contribution in [0.4, 0.5) is 0 Å². The molecule has 2 N–H and O–H groups in total. The molecule has 2 rings (SSSR count). The topological polar surface area (TPSA) is 62.0 Å². The van der Waals surface area contributed by atoms with Crippen molar-refractivity contribution in [1.29, 1.82) is 0 Å². The fraction of sp³-hybridized carbons (Fsp3) is 0.200. The van der Waals surface area contributed by atoms with Gasteiger partial charge in [0.1, 0.15) is 5.69 Å². The normalized spacial score (nSPS) is 11.9. The fourth-order valence-corrected chi connectivity index (χ4v) is 2.01. The monoisotopic (exact) mass is 256 g/mol. The molecule has 0 aliphatic carbocycles. The van der Waals surface area contributed by atoms with Gasteiger partial charge in [0.25, 0.3) is 5.91 Å². The lowest BCUT2D eigenvalue weighted by Crippen LogP contribution is -2.29. The molecule has 1 atom stereocenters. The molecule has 1 aromatic heterocycles. The fourth-order valence-electron chi connectivity index (χ4n) is 2.01. The highest BCUT2D eigenvalue weighted by Crippen LogP contribution is 2.16. The van der Waals surface area contributed by atoms with Crippen molar-refractivity contribution in [2.24, 2.45) is 0 Å². The van der Waals surface area contributed by atoms with Crippen molar-refractivity contribution in [3.8, 4) is 0 Å². The number of hydrogen-bond acceptors (Lipinski definition) is 2. The van der Waals surface area contributed by atoms with E-state index in [9.17, 15) is 9.59 Å². The van der Waals surface area contributed by atoms with Gasteiger partial charge in [-0.1, -0.05) is 30.3 Å². The highest BCUT2D eigenvalue weighted by atomic mass is 16.2. The Morgan fingerprint density at radius 2 is 1.89 bits per heavy atom. The van der Waals surface area contributed by atoms with E-state index in [1.807, 2.05) is 38.1 Å². The highest BCUT2D eigenvalue weighted by Gasteiger charge is 2.13. The minimum Gasteiger partial charge on any atom is -0.344 e. The lowest BCUT2D eigenvalue weighted by molar-refractivity contribution is 0.0934. The van der Waals surface area contributed by atoms with Crippen molar-refractivity contribution in [2.75, 3.05) is 0 Å². The molecule has 0 spiro atoms. The molecule has 4 nitrogen and oxygen atoms in total. The van der Waals surface area contributed by atoms with Gasteiger partial charge in [0.15, 0.2) is 0 Å². The molecule has 0 saturated carbocycles. The van der Waals surface area contributed by atoms with Crippen LogP contribution < -0.4 is 10.9 Å². The molecule has 0 radical (unpaired) electrons. The van der Waals surface area contributed by atoms with Crippen molar-refractivity contribution in [3.63, 3.8) is 0 Å². The Morgan fingerprint density at radius 1 is 1.16 bits per heavy atom. The summed E-state index contributed by atoms with van der Waals surface area (Å²) in [6, 6.07) is 12.3. The largest absolute Gasteiger partial charge is 0.344 e. The van der Waals surface area contributed by atoms with Crippen LogP contribution in [0.15, 0.2) is 47.3 Å². The molecule has 0 fully saturated rings. The van der Waals surface area contributed by atoms with E-state index in [2.05, 4.69) is 10.3 Å².